The second-order valence-corrected chi connectivity index (χ2v) is 31.6. The normalized spacial score (nSPS) is 30.8. The Morgan fingerprint density at radius 2 is 1.24 bits per heavy atom. The molecule has 3 aliphatic carbocycles. The van der Waals surface area contributed by atoms with Crippen molar-refractivity contribution in [2.24, 2.45) is 35.5 Å². The number of rotatable bonds is 11. The summed E-state index contributed by atoms with van der Waals surface area (Å²) in [5.41, 5.74) is -1.69. The van der Waals surface area contributed by atoms with Crippen molar-refractivity contribution in [2.45, 2.75) is 268 Å². The van der Waals surface area contributed by atoms with E-state index in [0.717, 1.165) is 48.3 Å². The van der Waals surface area contributed by atoms with E-state index in [9.17, 15) is 51.5 Å². The van der Waals surface area contributed by atoms with Gasteiger partial charge in [0, 0.05) is 73.7 Å². The zero-order chi connectivity index (χ0) is 74.9. The van der Waals surface area contributed by atoms with Gasteiger partial charge in [-0.1, -0.05) is 92.9 Å². The molecular formula is C72H114ClF3N12O13. The average molecular weight is 1450 g/mol. The van der Waals surface area contributed by atoms with Gasteiger partial charge in [-0.25, -0.2) is 0 Å². The van der Waals surface area contributed by atoms with Crippen molar-refractivity contribution in [1.82, 2.24) is 60.0 Å². The molecule has 29 heteroatoms. The fourth-order valence-electron chi connectivity index (χ4n) is 16.3. The van der Waals surface area contributed by atoms with E-state index < -0.39 is 198 Å². The van der Waals surface area contributed by atoms with E-state index in [4.69, 9.17) is 11.6 Å². The first-order chi connectivity index (χ1) is 47.4. The molecule has 25 nitrogen and oxygen atoms in total. The van der Waals surface area contributed by atoms with Crippen molar-refractivity contribution in [1.29, 1.82) is 0 Å². The number of likely N-dealkylation sites (N-methyl/N-ethyl adjacent to an activating group) is 6. The third-order valence-corrected chi connectivity index (χ3v) is 23.6. The van der Waals surface area contributed by atoms with E-state index in [1.807, 2.05) is 20.8 Å². The van der Waals surface area contributed by atoms with Crippen LogP contribution in [0.25, 0.3) is 0 Å². The zero-order valence-electron chi connectivity index (χ0n) is 61.9. The lowest BCUT2D eigenvalue weighted by Crippen LogP contribution is -2.65. The Labute approximate surface area is 599 Å². The number of carbonyl (C=O) groups excluding carboxylic acids is 13. The molecule has 0 aromatic heterocycles. The summed E-state index contributed by atoms with van der Waals surface area (Å²) < 4.78 is 42.0. The maximum Gasteiger partial charge on any atom is 0.393 e. The van der Waals surface area contributed by atoms with E-state index in [-0.39, 0.29) is 82.6 Å². The number of nitrogens with zero attached hydrogens (tertiary/aromatic N) is 9. The standard InChI is InChI=1S/C72H114ClF3N12O13/c1-14-44(6)59-68(99)81(9)45(7)63(94)87-34-29-52(87)66(97)83(11)55(37-46-23-17-15-18-24-46)65(96)80(8)41-57(90)77-51(28-26-47-25-27-49(50(73)36-47)72(74,75)76)64(95)88-40-48(89)38-54(88)62(93)79-71(30-19-20-31-71)70(101)85(13)60(43(4)5)69(100)84(12)56(67(98)86-32-21-16-22-33-86)39-58(91)82(10)53(35-42(2)3)61(92)78-59/h42-47,49-56,59-60H,14-41H2,1-13H3,(H,77,90)(H,78,92)(H,79,93)/t44-,45-,47?,49?,50?,51-,52-,53-,54-,55-,56-,59-,60-/m0/s1. The second-order valence-electron chi connectivity index (χ2n) is 31.1. The molecule has 4 heterocycles. The highest BCUT2D eigenvalue weighted by Crippen LogP contribution is 2.44. The van der Waals surface area contributed by atoms with Gasteiger partial charge in [0.2, 0.25) is 70.9 Å². The molecule has 12 amide bonds. The summed E-state index contributed by atoms with van der Waals surface area (Å²) in [5, 5.41) is 7.32. The van der Waals surface area contributed by atoms with Crippen LogP contribution in [0.3, 0.4) is 0 Å². The van der Waals surface area contributed by atoms with Gasteiger partial charge >= 0.3 is 6.18 Å². The number of likely N-dealkylation sites (tertiary alicyclic amines) is 1. The van der Waals surface area contributed by atoms with Crippen molar-refractivity contribution in [3.63, 3.8) is 0 Å². The van der Waals surface area contributed by atoms with Crippen LogP contribution < -0.4 is 16.0 Å². The molecule has 4 saturated heterocycles. The minimum Gasteiger partial charge on any atom is -0.343 e. The number of hydrogen-bond acceptors (Lipinski definition) is 13. The Hall–Kier alpha value is -6.61. The quantitative estimate of drug-likeness (QED) is 0.223. The first-order valence-electron chi connectivity index (χ1n) is 37.1. The molecule has 0 aromatic carbocycles. The second kappa shape index (κ2) is 35.2. The molecule has 3 saturated carbocycles. The lowest BCUT2D eigenvalue weighted by Gasteiger charge is -2.45. The zero-order valence-corrected chi connectivity index (χ0v) is 62.6. The number of Topliss-reactive ketones (excluding diaryl/α,β-unsaturated/α-hetero) is 1. The van der Waals surface area contributed by atoms with E-state index in [0.29, 0.717) is 45.2 Å². The van der Waals surface area contributed by atoms with Crippen LogP contribution in [-0.4, -0.2) is 267 Å². The first kappa shape index (κ1) is 81.7. The smallest absolute Gasteiger partial charge is 0.343 e. The van der Waals surface area contributed by atoms with Crippen LogP contribution in [-0.2, 0) is 62.3 Å². The van der Waals surface area contributed by atoms with Gasteiger partial charge in [-0.2, -0.15) is 13.2 Å². The van der Waals surface area contributed by atoms with Crippen LogP contribution >= 0.6 is 11.6 Å². The third kappa shape index (κ3) is 19.4. The highest BCUT2D eigenvalue weighted by molar-refractivity contribution is 6.21. The molecule has 1 spiro atoms. The SMILES string of the molecule is CC[C@H](C)[C@@H]1NC(=O)[C@H](CC(C)C)N(C)C(=O)C[C@@H](C(=O)N2CCCCC2)N(C)C(=O)[C@H](C(C)C)N(C)C(=O)C2(CCCC2)NC(=O)[C@@H]2CC(=O)CN2C(=O)[C@H](CCC2CCC(C(F)(F)F)C(Cl)C2)NC(=O)CN(C)C(=O)[C@H](CC2CCCCC2)N(C)C(=O)[C@@H]2CCN2C(=O)[C@H](C)N(C)C1=O. The summed E-state index contributed by atoms with van der Waals surface area (Å²) in [7, 11) is 8.49. The van der Waals surface area contributed by atoms with Crippen molar-refractivity contribution in [2.75, 3.05) is 75.0 Å². The fourth-order valence-corrected chi connectivity index (χ4v) is 16.9. The van der Waals surface area contributed by atoms with Crippen molar-refractivity contribution in [3.8, 4) is 0 Å². The predicted octanol–water partition coefficient (Wildman–Crippen LogP) is 5.27. The highest BCUT2D eigenvalue weighted by atomic mass is 35.5. The molecule has 7 rings (SSSR count). The van der Waals surface area contributed by atoms with Crippen LogP contribution in [0, 0.1) is 35.5 Å². The molecule has 7 fully saturated rings. The molecule has 0 aromatic rings. The minimum atomic E-state index is -4.54. The van der Waals surface area contributed by atoms with Gasteiger partial charge in [0.15, 0.2) is 5.78 Å². The van der Waals surface area contributed by atoms with E-state index in [1.165, 1.54) is 78.6 Å². The van der Waals surface area contributed by atoms with Gasteiger partial charge < -0.3 is 60.0 Å². The number of halogens is 4. The summed E-state index contributed by atoms with van der Waals surface area (Å²) in [6, 6.07) is -11.6. The lowest BCUT2D eigenvalue weighted by atomic mass is 9.78. The number of carbonyl (C=O) groups is 13. The van der Waals surface area contributed by atoms with Crippen molar-refractivity contribution < 1.29 is 75.5 Å². The number of alkyl halides is 4. The van der Waals surface area contributed by atoms with Crippen LogP contribution in [0.2, 0.25) is 0 Å². The van der Waals surface area contributed by atoms with Gasteiger partial charge in [0.1, 0.15) is 59.9 Å². The monoisotopic (exact) mass is 1450 g/mol. The van der Waals surface area contributed by atoms with Gasteiger partial charge in [-0.15, -0.1) is 11.6 Å². The van der Waals surface area contributed by atoms with Gasteiger partial charge in [-0.05, 0) is 120 Å². The van der Waals surface area contributed by atoms with Crippen molar-refractivity contribution in [3.05, 3.63) is 0 Å². The predicted molar refractivity (Wildman–Crippen MR) is 370 cm³/mol. The molecule has 101 heavy (non-hydrogen) atoms. The van der Waals surface area contributed by atoms with Gasteiger partial charge in [-0.3, -0.25) is 62.3 Å². The minimum absolute atomic E-state index is 0.00696. The fraction of sp³-hybridized carbons (Fsp3) is 0.819. The molecule has 7 aliphatic rings. The number of nitrogens with one attached hydrogen (secondary N) is 3. The van der Waals surface area contributed by atoms with E-state index in [2.05, 4.69) is 16.0 Å². The topological polar surface area (TPSA) is 287 Å². The van der Waals surface area contributed by atoms with Crippen LogP contribution in [0.4, 0.5) is 13.2 Å². The number of amides is 12. The Morgan fingerprint density at radius 3 is 1.81 bits per heavy atom. The van der Waals surface area contributed by atoms with E-state index >= 15 is 24.0 Å². The number of piperidine rings is 1. The summed E-state index contributed by atoms with van der Waals surface area (Å²) >= 11 is 6.38. The molecule has 3 unspecified atom stereocenters. The van der Waals surface area contributed by atoms with Crippen LogP contribution in [0.15, 0.2) is 0 Å². The Bertz CT molecular complexity index is 3030. The van der Waals surface area contributed by atoms with Crippen LogP contribution in [0.1, 0.15) is 196 Å². The molecular weight excluding hydrogens is 1330 g/mol. The van der Waals surface area contributed by atoms with E-state index in [1.54, 1.807) is 25.7 Å². The van der Waals surface area contributed by atoms with Gasteiger partial charge in [0.25, 0.3) is 0 Å². The van der Waals surface area contributed by atoms with Crippen LogP contribution in [0.5, 0.6) is 0 Å². The van der Waals surface area contributed by atoms with Crippen molar-refractivity contribution >= 4 is 88.3 Å². The number of ketones is 1. The highest BCUT2D eigenvalue weighted by Gasteiger charge is 2.53. The Balaban J connectivity index is 1.28. The summed E-state index contributed by atoms with van der Waals surface area (Å²) in [4.78, 5) is 205. The Kier molecular flexibility index (Phi) is 28.5. The molecule has 4 aliphatic heterocycles. The first-order valence-corrected chi connectivity index (χ1v) is 37.5. The molecule has 568 valence electrons. The summed E-state index contributed by atoms with van der Waals surface area (Å²) in [5.74, 6) is -12.3. The number of fused-ring (bicyclic) bond motifs is 2. The third-order valence-electron chi connectivity index (χ3n) is 23.2. The number of hydrogen-bond donors (Lipinski definition) is 3. The Morgan fingerprint density at radius 1 is 0.604 bits per heavy atom. The lowest BCUT2D eigenvalue weighted by molar-refractivity contribution is -0.182. The summed E-state index contributed by atoms with van der Waals surface area (Å²) in [6.07, 6.45) is 2.57. The van der Waals surface area contributed by atoms with Gasteiger partial charge in [0.05, 0.1) is 25.4 Å². The summed E-state index contributed by atoms with van der Waals surface area (Å²) in [6.45, 7) is 11.9. The maximum atomic E-state index is 15.5. The molecule has 3 N–H and O–H groups in total. The maximum absolute atomic E-state index is 15.5. The largest absolute Gasteiger partial charge is 0.393 e. The molecule has 0 radical (unpaired) electrons. The average Bonchev–Trinajstić information content (AvgIpc) is 1.51. The molecule has 0 bridgehead atoms. The molecule has 13 atom stereocenters.